The maximum absolute atomic E-state index is 13.9. The van der Waals surface area contributed by atoms with Gasteiger partial charge in [-0.3, -0.25) is 9.59 Å². The summed E-state index contributed by atoms with van der Waals surface area (Å²) in [5.41, 5.74) is 2.64. The number of carbonyl (C=O) groups is 3. The number of rotatable bonds is 8. The molecule has 4 heterocycles. The van der Waals surface area contributed by atoms with Gasteiger partial charge in [0.1, 0.15) is 17.7 Å². The Hall–Kier alpha value is -5.11. The molecule has 54 heavy (non-hydrogen) atoms. The van der Waals surface area contributed by atoms with Crippen molar-refractivity contribution in [2.24, 2.45) is 28.6 Å². The zero-order chi connectivity index (χ0) is 41.4. The van der Waals surface area contributed by atoms with Gasteiger partial charge in [0, 0.05) is 30.1 Å². The van der Waals surface area contributed by atoms with Crippen molar-refractivity contribution in [1.29, 1.82) is 0 Å². The summed E-state index contributed by atoms with van der Waals surface area (Å²) in [5, 5.41) is 2.68. The van der Waals surface area contributed by atoms with Gasteiger partial charge in [-0.25, -0.2) is 14.8 Å². The number of nitrogens with one attached hydrogen (secondary N) is 3. The summed E-state index contributed by atoms with van der Waals surface area (Å²) in [6.45, 7) is 11.2. The summed E-state index contributed by atoms with van der Waals surface area (Å²) in [6.07, 6.45) is 6.60. The Kier molecular flexibility index (Phi) is 7.89. The lowest BCUT2D eigenvalue weighted by Crippen LogP contribution is -2.51. The van der Waals surface area contributed by atoms with Crippen LogP contribution in [-0.4, -0.2) is 73.9 Å². The average molecular weight is 734 g/mol. The topological polar surface area (TPSA) is 136 Å². The molecule has 2 saturated carbocycles. The van der Waals surface area contributed by atoms with Gasteiger partial charge in [0.2, 0.25) is 11.8 Å². The van der Waals surface area contributed by atoms with E-state index in [2.05, 4.69) is 46.0 Å². The van der Waals surface area contributed by atoms with Gasteiger partial charge >= 0.3 is 6.09 Å². The minimum Gasteiger partial charge on any atom is -0.453 e. The third-order valence-corrected chi connectivity index (χ3v) is 12.2. The van der Waals surface area contributed by atoms with Crippen LogP contribution in [0.1, 0.15) is 113 Å². The number of methoxy groups -OCH3 is 1. The van der Waals surface area contributed by atoms with Gasteiger partial charge in [0.05, 0.1) is 47.6 Å². The molecule has 4 fully saturated rings. The van der Waals surface area contributed by atoms with Crippen LogP contribution in [0.3, 0.4) is 0 Å². The molecular weight excluding hydrogens is 679 g/mol. The molecule has 2 aliphatic heterocycles. The van der Waals surface area contributed by atoms with Crippen LogP contribution in [-0.2, 0) is 14.3 Å². The van der Waals surface area contributed by atoms with Crippen LogP contribution in [0.15, 0.2) is 48.6 Å². The second-order valence-electron chi connectivity index (χ2n) is 16.8. The predicted molar refractivity (Wildman–Crippen MR) is 206 cm³/mol. The van der Waals surface area contributed by atoms with Crippen LogP contribution < -0.4 is 5.32 Å². The first-order chi connectivity index (χ1) is 27.5. The van der Waals surface area contributed by atoms with Crippen LogP contribution in [0.25, 0.3) is 22.3 Å². The first-order valence-corrected chi connectivity index (χ1v) is 19.2. The summed E-state index contributed by atoms with van der Waals surface area (Å²) in [6, 6.07) is 3.13. The Bertz CT molecular complexity index is 2360. The fourth-order valence-electron chi connectivity index (χ4n) is 8.11. The molecule has 0 bridgehead atoms. The van der Waals surface area contributed by atoms with Crippen molar-refractivity contribution in [3.63, 3.8) is 0 Å². The molecule has 4 aromatic rings. The highest BCUT2D eigenvalue weighted by atomic mass is 16.5. The van der Waals surface area contributed by atoms with E-state index in [1.807, 2.05) is 43.9 Å². The summed E-state index contributed by atoms with van der Waals surface area (Å²) in [5.74, 6) is 7.10. The van der Waals surface area contributed by atoms with Crippen molar-refractivity contribution in [1.82, 2.24) is 35.1 Å². The van der Waals surface area contributed by atoms with E-state index in [9.17, 15) is 14.4 Å². The summed E-state index contributed by atoms with van der Waals surface area (Å²) in [7, 11) is 1.26. The zero-order valence-corrected chi connectivity index (χ0v) is 31.9. The Morgan fingerprint density at radius 2 is 1.50 bits per heavy atom. The second kappa shape index (κ2) is 13.6. The normalized spacial score (nSPS) is 22.8. The Balaban J connectivity index is 1.04. The summed E-state index contributed by atoms with van der Waals surface area (Å²) < 4.78 is 40.4. The van der Waals surface area contributed by atoms with E-state index >= 15 is 0 Å². The Morgan fingerprint density at radius 3 is 2.11 bits per heavy atom. The van der Waals surface area contributed by atoms with Crippen molar-refractivity contribution in [2.75, 3.05) is 20.2 Å². The van der Waals surface area contributed by atoms with E-state index in [0.29, 0.717) is 30.0 Å². The monoisotopic (exact) mass is 733 g/mol. The lowest BCUT2D eigenvalue weighted by molar-refractivity contribution is -0.137. The molecular formula is C43H51N7O4. The first kappa shape index (κ1) is 31.3. The van der Waals surface area contributed by atoms with Crippen molar-refractivity contribution in [3.05, 3.63) is 71.3 Å². The number of H-pyrrole nitrogens is 2. The zero-order valence-electron chi connectivity index (χ0n) is 35.9. The number of carbonyl (C=O) groups excluding carboxylic acids is 3. The molecule has 11 nitrogen and oxygen atoms in total. The smallest absolute Gasteiger partial charge is 0.407 e. The van der Waals surface area contributed by atoms with E-state index in [4.69, 9.17) is 15.2 Å². The van der Waals surface area contributed by atoms with E-state index in [-0.39, 0.29) is 81.7 Å². The van der Waals surface area contributed by atoms with Crippen molar-refractivity contribution < 1.29 is 24.6 Å². The number of alkyl carbamates (subject to hydrolysis) is 1. The van der Waals surface area contributed by atoms with Crippen LogP contribution in [0.4, 0.5) is 4.79 Å². The van der Waals surface area contributed by atoms with E-state index in [1.54, 1.807) is 4.90 Å². The summed E-state index contributed by atoms with van der Waals surface area (Å²) >= 11 is 0. The summed E-state index contributed by atoms with van der Waals surface area (Å²) in [4.78, 5) is 59.5. The largest absolute Gasteiger partial charge is 0.453 e. The quantitative estimate of drug-likeness (QED) is 0.165. The van der Waals surface area contributed by atoms with E-state index in [0.717, 1.165) is 55.5 Å². The Labute approximate surface area is 322 Å². The van der Waals surface area contributed by atoms with Crippen LogP contribution >= 0.6 is 0 Å². The molecule has 3 amide bonds. The molecule has 4 atom stereocenters. The molecule has 2 aliphatic carbocycles. The third kappa shape index (κ3) is 6.87. The number of fused-ring (bicyclic) bond motifs is 1. The number of hydrogen-bond acceptors (Lipinski definition) is 6. The fourth-order valence-corrected chi connectivity index (χ4v) is 8.11. The highest BCUT2D eigenvalue weighted by Gasteiger charge is 2.56. The molecule has 3 N–H and O–H groups in total. The number of ether oxygens (including phenoxy) is 1. The van der Waals surface area contributed by atoms with Gasteiger partial charge in [-0.05, 0) is 97.0 Å². The van der Waals surface area contributed by atoms with Crippen molar-refractivity contribution in [2.45, 2.75) is 91.3 Å². The molecule has 2 aromatic carbocycles. The molecule has 11 heteroatoms. The van der Waals surface area contributed by atoms with Crippen molar-refractivity contribution in [3.8, 4) is 23.1 Å². The highest BCUT2D eigenvalue weighted by Crippen LogP contribution is 2.59. The van der Waals surface area contributed by atoms with Crippen molar-refractivity contribution >= 4 is 28.9 Å². The predicted octanol–water partition coefficient (Wildman–Crippen LogP) is 7.13. The second-order valence-corrected chi connectivity index (χ2v) is 16.8. The maximum atomic E-state index is 13.9. The van der Waals surface area contributed by atoms with Crippen LogP contribution in [0.5, 0.6) is 0 Å². The van der Waals surface area contributed by atoms with Crippen LogP contribution in [0, 0.1) is 40.4 Å². The lowest BCUT2D eigenvalue weighted by atomic mass is 9.96. The minimum absolute atomic E-state index is 0.0163. The van der Waals surface area contributed by atoms with E-state index < -0.39 is 18.2 Å². The number of aromatic amines is 2. The van der Waals surface area contributed by atoms with E-state index in [1.165, 1.54) is 13.3 Å². The van der Waals surface area contributed by atoms with Gasteiger partial charge < -0.3 is 29.8 Å². The number of hydrogen-bond donors (Lipinski definition) is 3. The number of benzene rings is 2. The minimum atomic E-state index is -0.796. The molecule has 2 spiro atoms. The fraction of sp³-hybridized carbons (Fsp3) is 0.512. The molecule has 2 saturated heterocycles. The van der Waals surface area contributed by atoms with Gasteiger partial charge in [-0.2, -0.15) is 0 Å². The van der Waals surface area contributed by atoms with Gasteiger partial charge in [-0.1, -0.05) is 58.5 Å². The Morgan fingerprint density at radius 1 is 0.870 bits per heavy atom. The standard InChI is InChI=1S/C43H51N7O4/c1-25(2)27(5)39(51)49-23-43(17-18-43)21-35(49)38-45-31-14-11-29(19-32(31)46-38)8-7-28-9-12-30(13-10-28)33-22-44-37(47-33)34-20-42(15-16-42)24-50(34)40(52)36(26(3)4)48-41(53)54-6/h9-14,19,22,25-27,34-36H,15-18,20-21,23-24H2,1-6H3,(H,44,47)(H,45,46)(H,48,53)/t27-,34-,35-,36-/m0/s1/i9D,10D,12D,13D. The molecule has 8 rings (SSSR count). The molecule has 0 unspecified atom stereocenters. The van der Waals surface area contributed by atoms with Gasteiger partial charge in [0.25, 0.3) is 0 Å². The molecule has 4 aliphatic rings. The third-order valence-electron chi connectivity index (χ3n) is 12.2. The maximum Gasteiger partial charge on any atom is 0.407 e. The lowest BCUT2D eigenvalue weighted by Gasteiger charge is -2.30. The van der Waals surface area contributed by atoms with Gasteiger partial charge in [0.15, 0.2) is 0 Å². The number of imidazole rings is 2. The number of likely N-dealkylation sites (tertiary alicyclic amines) is 2. The number of amides is 3. The van der Waals surface area contributed by atoms with Crippen LogP contribution in [0.2, 0.25) is 0 Å². The molecule has 0 radical (unpaired) electrons. The first-order valence-electron chi connectivity index (χ1n) is 21.2. The van der Waals surface area contributed by atoms with Gasteiger partial charge in [-0.15, -0.1) is 0 Å². The highest BCUT2D eigenvalue weighted by molar-refractivity contribution is 5.86. The SMILES string of the molecule is [2H]c1c([2H])c(-c2cnc([C@@H]3CC4(CC4)CN3C(=O)[C@@H](NC(=O)OC)C(C)C)[nH]2)c([2H])c([2H])c1C#Cc1ccc2nc([C@@H]3CC4(CC4)CN3C(=O)[C@@H](C)C(C)C)[nH]c2c1. The number of aromatic nitrogens is 4. The number of nitrogens with zero attached hydrogens (tertiary/aromatic N) is 4. The molecule has 282 valence electrons. The molecule has 2 aromatic heterocycles. The average Bonchev–Trinajstić information content (AvgIpc) is 3.82.